The average Bonchev–Trinajstić information content (AvgIpc) is 3.19. The van der Waals surface area contributed by atoms with Crippen LogP contribution in [-0.4, -0.2) is 19.6 Å². The van der Waals surface area contributed by atoms with Crippen molar-refractivity contribution < 1.29 is 0 Å². The van der Waals surface area contributed by atoms with Crippen molar-refractivity contribution >= 4 is 22.5 Å². The number of rotatable bonds is 5. The van der Waals surface area contributed by atoms with Crippen LogP contribution in [0.25, 0.3) is 16.6 Å². The summed E-state index contributed by atoms with van der Waals surface area (Å²) in [5.41, 5.74) is 3.49. The van der Waals surface area contributed by atoms with Crippen molar-refractivity contribution in [1.29, 1.82) is 0 Å². The third-order valence-electron chi connectivity index (χ3n) is 5.35. The number of H-pyrrole nitrogens is 1. The van der Waals surface area contributed by atoms with Gasteiger partial charge in [0.1, 0.15) is 0 Å². The largest absolute Gasteiger partial charge is 0.350 e. The molecule has 6 heteroatoms. The number of hydrogen-bond acceptors (Lipinski definition) is 4. The molecule has 0 fully saturated rings. The second-order valence-corrected chi connectivity index (χ2v) is 7.34. The van der Waals surface area contributed by atoms with Gasteiger partial charge in [-0.2, -0.15) is 9.50 Å². The number of aryl methyl sites for hydroxylation is 1. The summed E-state index contributed by atoms with van der Waals surface area (Å²) in [5, 5.41) is 8.74. The Labute approximate surface area is 173 Å². The lowest BCUT2D eigenvalue weighted by molar-refractivity contribution is 0.857. The number of aromatic amines is 1. The molecular formula is C24H21N5O. The Kier molecular flexibility index (Phi) is 4.52. The highest BCUT2D eigenvalue weighted by atomic mass is 16.1. The molecule has 0 amide bonds. The second-order valence-electron chi connectivity index (χ2n) is 7.34. The summed E-state index contributed by atoms with van der Waals surface area (Å²) in [7, 11) is 0. The molecule has 5 rings (SSSR count). The number of anilines is 1. The monoisotopic (exact) mass is 395 g/mol. The van der Waals surface area contributed by atoms with Crippen LogP contribution in [0, 0.1) is 6.92 Å². The third kappa shape index (κ3) is 3.33. The lowest BCUT2D eigenvalue weighted by atomic mass is 10.0. The maximum Gasteiger partial charge on any atom is 0.277 e. The summed E-state index contributed by atoms with van der Waals surface area (Å²) >= 11 is 0. The number of nitrogens with zero attached hydrogens (tertiary/aromatic N) is 3. The molecule has 6 nitrogen and oxygen atoms in total. The van der Waals surface area contributed by atoms with E-state index in [1.54, 1.807) is 0 Å². The first-order valence-corrected chi connectivity index (χ1v) is 9.92. The van der Waals surface area contributed by atoms with Crippen LogP contribution in [0.3, 0.4) is 0 Å². The van der Waals surface area contributed by atoms with E-state index >= 15 is 0 Å². The van der Waals surface area contributed by atoms with Crippen molar-refractivity contribution in [3.05, 3.63) is 106 Å². The fourth-order valence-electron chi connectivity index (χ4n) is 3.76. The van der Waals surface area contributed by atoms with Crippen molar-refractivity contribution in [3.8, 4) is 0 Å². The zero-order valence-corrected chi connectivity index (χ0v) is 16.6. The molecule has 3 aromatic carbocycles. The molecule has 30 heavy (non-hydrogen) atoms. The lowest BCUT2D eigenvalue weighted by Crippen LogP contribution is -2.22. The van der Waals surface area contributed by atoms with Crippen LogP contribution in [-0.2, 0) is 13.0 Å². The second kappa shape index (κ2) is 7.48. The highest BCUT2D eigenvalue weighted by Gasteiger charge is 2.14. The molecular weight excluding hydrogens is 374 g/mol. The molecule has 148 valence electrons. The first-order valence-electron chi connectivity index (χ1n) is 9.92. The zero-order chi connectivity index (χ0) is 20.5. The predicted molar refractivity (Wildman–Crippen MR) is 119 cm³/mol. The average molecular weight is 395 g/mol. The van der Waals surface area contributed by atoms with E-state index in [1.165, 1.54) is 15.3 Å². The van der Waals surface area contributed by atoms with Gasteiger partial charge < -0.3 is 5.32 Å². The maximum atomic E-state index is 13.0. The molecule has 2 aromatic heterocycles. The van der Waals surface area contributed by atoms with Gasteiger partial charge in [0.15, 0.2) is 0 Å². The highest BCUT2D eigenvalue weighted by molar-refractivity contribution is 5.85. The van der Waals surface area contributed by atoms with Crippen molar-refractivity contribution in [2.75, 3.05) is 5.32 Å². The number of aromatic nitrogens is 4. The summed E-state index contributed by atoms with van der Waals surface area (Å²) in [5.74, 6) is 0.888. The molecule has 0 aliphatic heterocycles. The van der Waals surface area contributed by atoms with Crippen LogP contribution in [0.15, 0.2) is 77.6 Å². The first-order chi connectivity index (χ1) is 14.7. The fraction of sp³-hybridized carbons (Fsp3) is 0.125. The van der Waals surface area contributed by atoms with Crippen LogP contribution >= 0.6 is 0 Å². The molecule has 0 bridgehead atoms. The fourth-order valence-corrected chi connectivity index (χ4v) is 3.76. The van der Waals surface area contributed by atoms with E-state index in [0.717, 1.165) is 11.1 Å². The van der Waals surface area contributed by atoms with E-state index in [4.69, 9.17) is 0 Å². The van der Waals surface area contributed by atoms with Gasteiger partial charge in [-0.05, 0) is 28.8 Å². The minimum Gasteiger partial charge on any atom is -0.350 e. The lowest BCUT2D eigenvalue weighted by Gasteiger charge is -2.07. The number of benzene rings is 3. The van der Waals surface area contributed by atoms with Crippen LogP contribution in [0.5, 0.6) is 0 Å². The maximum absolute atomic E-state index is 13.0. The van der Waals surface area contributed by atoms with Crippen molar-refractivity contribution in [2.24, 2.45) is 0 Å². The van der Waals surface area contributed by atoms with Crippen molar-refractivity contribution in [2.45, 2.75) is 19.9 Å². The predicted octanol–water partition coefficient (Wildman–Crippen LogP) is 4.08. The Morgan fingerprint density at radius 2 is 1.70 bits per heavy atom. The molecule has 0 atom stereocenters. The van der Waals surface area contributed by atoms with Gasteiger partial charge in [-0.3, -0.25) is 9.89 Å². The molecule has 0 spiro atoms. The third-order valence-corrected chi connectivity index (χ3v) is 5.35. The summed E-state index contributed by atoms with van der Waals surface area (Å²) in [6.07, 6.45) is 0.541. The minimum atomic E-state index is -0.118. The van der Waals surface area contributed by atoms with Crippen LogP contribution in [0.2, 0.25) is 0 Å². The molecule has 0 radical (unpaired) electrons. The van der Waals surface area contributed by atoms with Crippen molar-refractivity contribution in [3.63, 3.8) is 0 Å². The number of fused-ring (bicyclic) bond motifs is 2. The first kappa shape index (κ1) is 18.1. The Morgan fingerprint density at radius 3 is 2.57 bits per heavy atom. The van der Waals surface area contributed by atoms with Gasteiger partial charge in [-0.25, -0.2) is 4.98 Å². The summed E-state index contributed by atoms with van der Waals surface area (Å²) < 4.78 is 1.41. The van der Waals surface area contributed by atoms with Gasteiger partial charge >= 0.3 is 0 Å². The molecule has 0 saturated carbocycles. The van der Waals surface area contributed by atoms with E-state index in [1.807, 2.05) is 55.5 Å². The molecule has 0 aliphatic carbocycles. The Morgan fingerprint density at radius 1 is 0.933 bits per heavy atom. The quantitative estimate of drug-likeness (QED) is 0.470. The molecule has 0 aliphatic rings. The van der Waals surface area contributed by atoms with E-state index in [0.29, 0.717) is 35.9 Å². The zero-order valence-electron chi connectivity index (χ0n) is 16.6. The van der Waals surface area contributed by atoms with Crippen LogP contribution in [0.1, 0.15) is 22.4 Å². The Hall–Kier alpha value is -3.93. The summed E-state index contributed by atoms with van der Waals surface area (Å²) in [6.45, 7) is 2.45. The van der Waals surface area contributed by atoms with E-state index in [9.17, 15) is 4.79 Å². The SMILES string of the molecule is Cc1nc2nc(NCc3cccc4ccccc34)[nH]n2c(=O)c1Cc1ccccc1. The summed E-state index contributed by atoms with van der Waals surface area (Å²) in [4.78, 5) is 22.0. The van der Waals surface area contributed by atoms with Gasteiger partial charge in [-0.1, -0.05) is 72.8 Å². The van der Waals surface area contributed by atoms with Gasteiger partial charge in [0.25, 0.3) is 11.3 Å². The van der Waals surface area contributed by atoms with Gasteiger partial charge in [0, 0.05) is 18.5 Å². The van der Waals surface area contributed by atoms with Crippen LogP contribution in [0.4, 0.5) is 5.95 Å². The van der Waals surface area contributed by atoms with E-state index < -0.39 is 0 Å². The molecule has 5 aromatic rings. The van der Waals surface area contributed by atoms with Gasteiger partial charge in [0.2, 0.25) is 5.95 Å². The molecule has 2 N–H and O–H groups in total. The summed E-state index contributed by atoms with van der Waals surface area (Å²) in [6, 6.07) is 24.4. The topological polar surface area (TPSA) is 75.1 Å². The minimum absolute atomic E-state index is 0.118. The molecule has 0 unspecified atom stereocenters. The van der Waals surface area contributed by atoms with Gasteiger partial charge in [0.05, 0.1) is 5.69 Å². The van der Waals surface area contributed by atoms with E-state index in [2.05, 4.69) is 44.6 Å². The highest BCUT2D eigenvalue weighted by Crippen LogP contribution is 2.19. The number of nitrogens with one attached hydrogen (secondary N) is 2. The number of hydrogen-bond donors (Lipinski definition) is 2. The van der Waals surface area contributed by atoms with Gasteiger partial charge in [-0.15, -0.1) is 0 Å². The Balaban J connectivity index is 1.45. The van der Waals surface area contributed by atoms with Crippen LogP contribution < -0.4 is 10.9 Å². The normalized spacial score (nSPS) is 11.2. The molecule has 2 heterocycles. The smallest absolute Gasteiger partial charge is 0.277 e. The van der Waals surface area contributed by atoms with E-state index in [-0.39, 0.29) is 5.56 Å². The standard InChI is InChI=1S/C24H21N5O/c1-16-21(14-17-8-3-2-4-9-17)22(30)29-24(26-16)27-23(28-29)25-15-19-12-7-11-18-10-5-6-13-20(18)19/h2-13H,14-15H2,1H3,(H2,25,26,27,28). The molecule has 0 saturated heterocycles. The van der Waals surface area contributed by atoms with Crippen molar-refractivity contribution in [1.82, 2.24) is 19.6 Å². The Bertz CT molecular complexity index is 1400.